The molecular formula is C25H20FNO4. The molecule has 1 aliphatic heterocycles. The van der Waals surface area contributed by atoms with Gasteiger partial charge in [0, 0.05) is 11.3 Å². The number of benzene rings is 3. The number of amides is 1. The van der Waals surface area contributed by atoms with Crippen LogP contribution in [0, 0.1) is 12.7 Å². The van der Waals surface area contributed by atoms with Crippen molar-refractivity contribution < 1.29 is 23.8 Å². The number of nitrogens with zero attached hydrogens (tertiary/aromatic N) is 1. The highest BCUT2D eigenvalue weighted by molar-refractivity contribution is 6.51. The van der Waals surface area contributed by atoms with Crippen molar-refractivity contribution in [2.45, 2.75) is 13.0 Å². The number of carbonyl (C=O) groups is 2. The minimum atomic E-state index is -0.854. The first-order chi connectivity index (χ1) is 14.9. The molecule has 0 bridgehead atoms. The highest BCUT2D eigenvalue weighted by Gasteiger charge is 2.46. The van der Waals surface area contributed by atoms with Crippen molar-refractivity contribution in [3.05, 3.63) is 101 Å². The van der Waals surface area contributed by atoms with Crippen LogP contribution in [0.3, 0.4) is 0 Å². The summed E-state index contributed by atoms with van der Waals surface area (Å²) in [5.41, 5.74) is 2.33. The molecule has 3 aromatic rings. The van der Waals surface area contributed by atoms with Gasteiger partial charge in [-0.05, 0) is 61.0 Å². The number of ketones is 1. The Morgan fingerprint density at radius 1 is 1.00 bits per heavy atom. The number of aliphatic hydroxyl groups excluding tert-OH is 1. The van der Waals surface area contributed by atoms with Crippen molar-refractivity contribution >= 4 is 23.1 Å². The van der Waals surface area contributed by atoms with Crippen LogP contribution in [0.2, 0.25) is 0 Å². The molecule has 0 aliphatic carbocycles. The van der Waals surface area contributed by atoms with E-state index < -0.39 is 23.5 Å². The van der Waals surface area contributed by atoms with Gasteiger partial charge in [-0.2, -0.15) is 0 Å². The number of aliphatic hydroxyl groups is 1. The molecule has 1 N–H and O–H groups in total. The number of aryl methyl sites for hydroxylation is 1. The minimum Gasteiger partial charge on any atom is -0.507 e. The number of Topliss-reactive ketones (excluding diaryl/α,β-unsaturated/α-hetero) is 1. The van der Waals surface area contributed by atoms with E-state index in [4.69, 9.17) is 4.74 Å². The zero-order chi connectivity index (χ0) is 22.1. The van der Waals surface area contributed by atoms with E-state index in [1.807, 2.05) is 25.1 Å². The van der Waals surface area contributed by atoms with Gasteiger partial charge in [0.2, 0.25) is 0 Å². The number of carbonyl (C=O) groups excluding carboxylic acids is 2. The molecule has 1 heterocycles. The molecule has 0 radical (unpaired) electrons. The lowest BCUT2D eigenvalue weighted by atomic mass is 9.94. The Kier molecular flexibility index (Phi) is 5.29. The van der Waals surface area contributed by atoms with E-state index in [2.05, 4.69) is 0 Å². The largest absolute Gasteiger partial charge is 0.507 e. The van der Waals surface area contributed by atoms with Crippen LogP contribution < -0.4 is 9.64 Å². The lowest BCUT2D eigenvalue weighted by Gasteiger charge is -2.25. The first-order valence-corrected chi connectivity index (χ1v) is 9.68. The van der Waals surface area contributed by atoms with E-state index >= 15 is 0 Å². The summed E-state index contributed by atoms with van der Waals surface area (Å²) in [7, 11) is 1.53. The summed E-state index contributed by atoms with van der Waals surface area (Å²) in [6.45, 7) is 1.90. The summed E-state index contributed by atoms with van der Waals surface area (Å²) in [6.07, 6.45) is 0. The van der Waals surface area contributed by atoms with Gasteiger partial charge in [0.25, 0.3) is 11.7 Å². The molecule has 0 saturated carbocycles. The lowest BCUT2D eigenvalue weighted by Crippen LogP contribution is -2.29. The number of rotatable bonds is 4. The van der Waals surface area contributed by atoms with E-state index in [-0.39, 0.29) is 11.3 Å². The van der Waals surface area contributed by atoms with Crippen molar-refractivity contribution in [3.63, 3.8) is 0 Å². The topological polar surface area (TPSA) is 66.8 Å². The standard InChI is InChI=1S/C25H20FNO4/c1-15-4-3-5-17(14-15)22-21(23(28)16-6-12-20(31-2)13-7-16)24(29)25(30)27(22)19-10-8-18(26)9-11-19/h3-14,22,28H,1-2H3/b23-21-. The van der Waals surface area contributed by atoms with E-state index in [1.165, 1.54) is 36.3 Å². The van der Waals surface area contributed by atoms with Crippen LogP contribution in [0.4, 0.5) is 10.1 Å². The van der Waals surface area contributed by atoms with Crippen molar-refractivity contribution in [2.75, 3.05) is 12.0 Å². The molecule has 4 rings (SSSR count). The highest BCUT2D eigenvalue weighted by Crippen LogP contribution is 2.42. The number of methoxy groups -OCH3 is 1. The molecule has 156 valence electrons. The molecule has 1 aliphatic rings. The predicted molar refractivity (Wildman–Crippen MR) is 115 cm³/mol. The average molecular weight is 417 g/mol. The van der Waals surface area contributed by atoms with E-state index in [9.17, 15) is 19.1 Å². The zero-order valence-electron chi connectivity index (χ0n) is 17.0. The van der Waals surface area contributed by atoms with Crippen LogP contribution in [0.1, 0.15) is 22.7 Å². The van der Waals surface area contributed by atoms with Crippen molar-refractivity contribution in [2.24, 2.45) is 0 Å². The fourth-order valence-corrected chi connectivity index (χ4v) is 3.76. The van der Waals surface area contributed by atoms with Crippen molar-refractivity contribution in [1.82, 2.24) is 0 Å². The van der Waals surface area contributed by atoms with Gasteiger partial charge in [0.1, 0.15) is 17.3 Å². The van der Waals surface area contributed by atoms with Crippen LogP contribution in [0.25, 0.3) is 5.76 Å². The van der Waals surface area contributed by atoms with Gasteiger partial charge in [-0.25, -0.2) is 4.39 Å². The molecule has 31 heavy (non-hydrogen) atoms. The van der Waals surface area contributed by atoms with Crippen LogP contribution in [-0.4, -0.2) is 23.9 Å². The Labute approximate surface area is 179 Å². The predicted octanol–water partition coefficient (Wildman–Crippen LogP) is 4.77. The monoisotopic (exact) mass is 417 g/mol. The van der Waals surface area contributed by atoms with Gasteiger partial charge < -0.3 is 9.84 Å². The molecule has 5 nitrogen and oxygen atoms in total. The lowest BCUT2D eigenvalue weighted by molar-refractivity contribution is -0.132. The maximum atomic E-state index is 13.5. The Bertz CT molecular complexity index is 1180. The maximum absolute atomic E-state index is 13.5. The van der Waals surface area contributed by atoms with Crippen LogP contribution in [-0.2, 0) is 9.59 Å². The second-order valence-corrected chi connectivity index (χ2v) is 7.29. The van der Waals surface area contributed by atoms with Crippen molar-refractivity contribution in [3.8, 4) is 5.75 Å². The van der Waals surface area contributed by atoms with Crippen molar-refractivity contribution in [1.29, 1.82) is 0 Å². The Balaban J connectivity index is 1.92. The molecular weight excluding hydrogens is 397 g/mol. The normalized spacial score (nSPS) is 17.8. The summed E-state index contributed by atoms with van der Waals surface area (Å²) >= 11 is 0. The van der Waals surface area contributed by atoms with E-state index in [0.29, 0.717) is 22.6 Å². The second kappa shape index (κ2) is 8.07. The summed E-state index contributed by atoms with van der Waals surface area (Å²) in [4.78, 5) is 27.4. The Morgan fingerprint density at radius 2 is 1.68 bits per heavy atom. The third-order valence-electron chi connectivity index (χ3n) is 5.27. The van der Waals surface area contributed by atoms with Gasteiger partial charge in [0.15, 0.2) is 0 Å². The summed E-state index contributed by atoms with van der Waals surface area (Å²) < 4.78 is 18.6. The van der Waals surface area contributed by atoms with Crippen LogP contribution >= 0.6 is 0 Å². The van der Waals surface area contributed by atoms with Gasteiger partial charge in [-0.1, -0.05) is 29.8 Å². The molecule has 0 spiro atoms. The fraction of sp³-hybridized carbons (Fsp3) is 0.120. The quantitative estimate of drug-likeness (QED) is 0.377. The first-order valence-electron chi connectivity index (χ1n) is 9.68. The summed E-state index contributed by atoms with van der Waals surface area (Å²) in [5.74, 6) is -1.72. The fourth-order valence-electron chi connectivity index (χ4n) is 3.76. The number of halogens is 1. The molecule has 1 saturated heterocycles. The SMILES string of the molecule is COc1ccc(/C(O)=C2/C(=O)C(=O)N(c3ccc(F)cc3)C2c2cccc(C)c2)cc1. The third kappa shape index (κ3) is 3.68. The first kappa shape index (κ1) is 20.3. The molecule has 1 atom stereocenters. The summed E-state index contributed by atoms with van der Waals surface area (Å²) in [5, 5.41) is 11.1. The Hall–Kier alpha value is -3.93. The molecule has 1 unspecified atom stereocenters. The van der Waals surface area contributed by atoms with Gasteiger partial charge in [0.05, 0.1) is 18.7 Å². The van der Waals surface area contributed by atoms with Crippen LogP contribution in [0.15, 0.2) is 78.4 Å². The highest BCUT2D eigenvalue weighted by atomic mass is 19.1. The van der Waals surface area contributed by atoms with Crippen LogP contribution in [0.5, 0.6) is 5.75 Å². The van der Waals surface area contributed by atoms with E-state index in [0.717, 1.165) is 5.56 Å². The molecule has 0 aromatic heterocycles. The van der Waals surface area contributed by atoms with Gasteiger partial charge >= 0.3 is 0 Å². The molecule has 6 heteroatoms. The number of hydrogen-bond donors (Lipinski definition) is 1. The molecule has 1 fully saturated rings. The minimum absolute atomic E-state index is 0.0231. The average Bonchev–Trinajstić information content (AvgIpc) is 3.04. The third-order valence-corrected chi connectivity index (χ3v) is 5.27. The van der Waals surface area contributed by atoms with E-state index in [1.54, 1.807) is 30.3 Å². The zero-order valence-corrected chi connectivity index (χ0v) is 17.0. The number of hydrogen-bond acceptors (Lipinski definition) is 4. The molecule has 1 amide bonds. The van der Waals surface area contributed by atoms with Gasteiger partial charge in [-0.3, -0.25) is 14.5 Å². The van der Waals surface area contributed by atoms with Gasteiger partial charge in [-0.15, -0.1) is 0 Å². The summed E-state index contributed by atoms with van der Waals surface area (Å²) in [6, 6.07) is 18.4. The Morgan fingerprint density at radius 3 is 2.29 bits per heavy atom. The number of anilines is 1. The number of ether oxygens (including phenoxy) is 1. The smallest absolute Gasteiger partial charge is 0.300 e. The second-order valence-electron chi connectivity index (χ2n) is 7.29. The molecule has 3 aromatic carbocycles. The maximum Gasteiger partial charge on any atom is 0.300 e.